The van der Waals surface area contributed by atoms with Crippen LogP contribution in [0.15, 0.2) is 52.9 Å². The molecular weight excluding hydrogens is 324 g/mol. The number of ether oxygens (including phenoxy) is 2. The third-order valence-electron chi connectivity index (χ3n) is 3.18. The first-order chi connectivity index (χ1) is 11.6. The van der Waals surface area contributed by atoms with Gasteiger partial charge in [0, 0.05) is 10.6 Å². The van der Waals surface area contributed by atoms with Crippen molar-refractivity contribution < 1.29 is 14.3 Å². The number of carbonyl (C=O) groups is 1. The molecule has 6 heteroatoms. The highest BCUT2D eigenvalue weighted by molar-refractivity contribution is 8.14. The van der Waals surface area contributed by atoms with E-state index in [0.29, 0.717) is 27.6 Å². The maximum Gasteiger partial charge on any atom is 0.234 e. The van der Waals surface area contributed by atoms with Crippen molar-refractivity contribution in [3.8, 4) is 17.6 Å². The standard InChI is InChI=1S/C18H16N2O3S/c1-22-15-8-7-12(10-16(15)23-2)9-13(11-19)18(21)24-17-6-4-3-5-14(17)20/h3-10H,20H2,1-2H3/b13-9+. The zero-order chi connectivity index (χ0) is 17.5. The monoisotopic (exact) mass is 340 g/mol. The topological polar surface area (TPSA) is 85.3 Å². The van der Waals surface area contributed by atoms with Crippen LogP contribution in [0.1, 0.15) is 5.56 Å². The van der Waals surface area contributed by atoms with Crippen molar-refractivity contribution in [2.45, 2.75) is 4.90 Å². The molecule has 0 amide bonds. The summed E-state index contributed by atoms with van der Waals surface area (Å²) in [7, 11) is 3.06. The number of nitriles is 1. The molecule has 0 atom stereocenters. The highest BCUT2D eigenvalue weighted by atomic mass is 32.2. The van der Waals surface area contributed by atoms with Gasteiger partial charge in [-0.25, -0.2) is 0 Å². The molecule has 5 nitrogen and oxygen atoms in total. The summed E-state index contributed by atoms with van der Waals surface area (Å²) in [5, 5.41) is 8.92. The van der Waals surface area contributed by atoms with Gasteiger partial charge in [0.05, 0.1) is 14.2 Å². The van der Waals surface area contributed by atoms with Crippen molar-refractivity contribution in [3.05, 3.63) is 53.6 Å². The van der Waals surface area contributed by atoms with Gasteiger partial charge in [-0.2, -0.15) is 5.26 Å². The summed E-state index contributed by atoms with van der Waals surface area (Å²) in [5.41, 5.74) is 7.02. The van der Waals surface area contributed by atoms with Crippen LogP contribution in [0.25, 0.3) is 6.08 Å². The third-order valence-corrected chi connectivity index (χ3v) is 4.18. The quantitative estimate of drug-likeness (QED) is 0.388. The van der Waals surface area contributed by atoms with E-state index >= 15 is 0 Å². The van der Waals surface area contributed by atoms with E-state index in [9.17, 15) is 10.1 Å². The second-order valence-electron chi connectivity index (χ2n) is 4.71. The minimum absolute atomic E-state index is 0.0236. The average Bonchev–Trinajstić information content (AvgIpc) is 2.61. The number of benzene rings is 2. The molecule has 2 rings (SSSR count). The summed E-state index contributed by atoms with van der Waals surface area (Å²) >= 11 is 0.929. The molecule has 2 aromatic carbocycles. The van der Waals surface area contributed by atoms with Crippen LogP contribution in [-0.4, -0.2) is 19.3 Å². The van der Waals surface area contributed by atoms with E-state index in [1.807, 2.05) is 6.07 Å². The first-order valence-electron chi connectivity index (χ1n) is 6.99. The van der Waals surface area contributed by atoms with E-state index < -0.39 is 0 Å². The van der Waals surface area contributed by atoms with Gasteiger partial charge in [-0.05, 0) is 47.7 Å². The van der Waals surface area contributed by atoms with Crippen LogP contribution in [0.4, 0.5) is 5.69 Å². The van der Waals surface area contributed by atoms with Crippen LogP contribution in [-0.2, 0) is 4.79 Å². The lowest BCUT2D eigenvalue weighted by Crippen LogP contribution is -1.97. The number of anilines is 1. The number of nitrogens with zero attached hydrogens (tertiary/aromatic N) is 1. The molecule has 24 heavy (non-hydrogen) atoms. The largest absolute Gasteiger partial charge is 0.493 e. The normalized spacial score (nSPS) is 10.8. The van der Waals surface area contributed by atoms with Gasteiger partial charge >= 0.3 is 0 Å². The molecule has 0 saturated heterocycles. The van der Waals surface area contributed by atoms with Crippen molar-refractivity contribution in [2.75, 3.05) is 20.0 Å². The SMILES string of the molecule is COc1ccc(/C=C(\C#N)C(=O)Sc2ccccc2N)cc1OC. The molecule has 0 spiro atoms. The number of hydrogen-bond donors (Lipinski definition) is 1. The van der Waals surface area contributed by atoms with Gasteiger partial charge in [0.2, 0.25) is 5.12 Å². The number of hydrogen-bond acceptors (Lipinski definition) is 6. The minimum Gasteiger partial charge on any atom is -0.493 e. The number of rotatable bonds is 5. The highest BCUT2D eigenvalue weighted by Gasteiger charge is 2.13. The maximum absolute atomic E-state index is 12.3. The number of thioether (sulfide) groups is 1. The summed E-state index contributed by atoms with van der Waals surface area (Å²) < 4.78 is 10.4. The Bertz CT molecular complexity index is 825. The molecule has 0 aromatic heterocycles. The van der Waals surface area contributed by atoms with E-state index in [2.05, 4.69) is 0 Å². The minimum atomic E-state index is -0.370. The molecule has 122 valence electrons. The van der Waals surface area contributed by atoms with Crippen LogP contribution in [0, 0.1) is 11.3 Å². The average molecular weight is 340 g/mol. The zero-order valence-corrected chi connectivity index (χ0v) is 14.1. The number of carbonyl (C=O) groups excluding carboxylic acids is 1. The van der Waals surface area contributed by atoms with E-state index in [-0.39, 0.29) is 10.7 Å². The molecular formula is C18H16N2O3S. The Labute approximate surface area is 144 Å². The first kappa shape index (κ1) is 17.4. The Kier molecular flexibility index (Phi) is 5.88. The Morgan fingerprint density at radius 2 is 1.88 bits per heavy atom. The fourth-order valence-electron chi connectivity index (χ4n) is 1.97. The molecule has 0 radical (unpaired) electrons. The molecule has 2 aromatic rings. The van der Waals surface area contributed by atoms with Gasteiger partial charge in [0.1, 0.15) is 11.6 Å². The predicted molar refractivity (Wildman–Crippen MR) is 94.9 cm³/mol. The second kappa shape index (κ2) is 8.09. The maximum atomic E-state index is 12.3. The van der Waals surface area contributed by atoms with Crippen LogP contribution in [0.2, 0.25) is 0 Å². The Morgan fingerprint density at radius 1 is 1.17 bits per heavy atom. The van der Waals surface area contributed by atoms with E-state index in [1.54, 1.807) is 49.6 Å². The lowest BCUT2D eigenvalue weighted by atomic mass is 10.1. The highest BCUT2D eigenvalue weighted by Crippen LogP contribution is 2.30. The van der Waals surface area contributed by atoms with Crippen LogP contribution in [0.5, 0.6) is 11.5 Å². The Morgan fingerprint density at radius 3 is 2.50 bits per heavy atom. The number of nitrogens with two attached hydrogens (primary N) is 1. The van der Waals surface area contributed by atoms with Gasteiger partial charge in [0.15, 0.2) is 11.5 Å². The lowest BCUT2D eigenvalue weighted by Gasteiger charge is -2.08. The van der Waals surface area contributed by atoms with E-state index in [1.165, 1.54) is 13.2 Å². The Hall–Kier alpha value is -2.91. The number of para-hydroxylation sites is 1. The van der Waals surface area contributed by atoms with Gasteiger partial charge < -0.3 is 15.2 Å². The van der Waals surface area contributed by atoms with Crippen molar-refractivity contribution >= 4 is 28.6 Å². The van der Waals surface area contributed by atoms with E-state index in [0.717, 1.165) is 11.8 Å². The van der Waals surface area contributed by atoms with Crippen LogP contribution < -0.4 is 15.2 Å². The van der Waals surface area contributed by atoms with E-state index in [4.69, 9.17) is 15.2 Å². The lowest BCUT2D eigenvalue weighted by molar-refractivity contribution is -0.107. The van der Waals surface area contributed by atoms with Crippen molar-refractivity contribution in [2.24, 2.45) is 0 Å². The van der Waals surface area contributed by atoms with Gasteiger partial charge in [-0.3, -0.25) is 4.79 Å². The fourth-order valence-corrected chi connectivity index (χ4v) is 2.72. The Balaban J connectivity index is 2.27. The van der Waals surface area contributed by atoms with Crippen molar-refractivity contribution in [1.82, 2.24) is 0 Å². The molecule has 0 fully saturated rings. The van der Waals surface area contributed by atoms with Crippen LogP contribution in [0.3, 0.4) is 0 Å². The molecule has 2 N–H and O–H groups in total. The number of nitrogen functional groups attached to an aromatic ring is 1. The first-order valence-corrected chi connectivity index (χ1v) is 7.81. The molecule has 0 aliphatic heterocycles. The summed E-state index contributed by atoms with van der Waals surface area (Å²) in [6.45, 7) is 0. The molecule has 0 aliphatic rings. The molecule has 0 unspecified atom stereocenters. The van der Waals surface area contributed by atoms with Crippen molar-refractivity contribution in [1.29, 1.82) is 5.26 Å². The predicted octanol–water partition coefficient (Wildman–Crippen LogP) is 3.51. The summed E-state index contributed by atoms with van der Waals surface area (Å²) in [5.74, 6) is 1.10. The molecule has 0 saturated carbocycles. The van der Waals surface area contributed by atoms with Gasteiger partial charge in [-0.15, -0.1) is 0 Å². The van der Waals surface area contributed by atoms with Crippen molar-refractivity contribution in [3.63, 3.8) is 0 Å². The van der Waals surface area contributed by atoms with Gasteiger partial charge in [-0.1, -0.05) is 18.2 Å². The second-order valence-corrected chi connectivity index (χ2v) is 5.73. The fraction of sp³-hybridized carbons (Fsp3) is 0.111. The molecule has 0 heterocycles. The van der Waals surface area contributed by atoms with Gasteiger partial charge in [0.25, 0.3) is 0 Å². The third kappa shape index (κ3) is 4.09. The summed E-state index contributed by atoms with van der Waals surface area (Å²) in [6.07, 6.45) is 1.51. The summed E-state index contributed by atoms with van der Waals surface area (Å²) in [6, 6.07) is 14.1. The molecule has 0 aliphatic carbocycles. The number of methoxy groups -OCH3 is 2. The smallest absolute Gasteiger partial charge is 0.234 e. The zero-order valence-electron chi connectivity index (χ0n) is 13.3. The molecule has 0 bridgehead atoms. The van der Waals surface area contributed by atoms with Crippen LogP contribution >= 0.6 is 11.8 Å². The summed E-state index contributed by atoms with van der Waals surface area (Å²) in [4.78, 5) is 13.0.